The van der Waals surface area contributed by atoms with Gasteiger partial charge in [0.2, 0.25) is 0 Å². The van der Waals surface area contributed by atoms with Crippen molar-refractivity contribution in [3.63, 3.8) is 0 Å². The summed E-state index contributed by atoms with van der Waals surface area (Å²) in [7, 11) is 0. The first kappa shape index (κ1) is 16.6. The molecule has 0 fully saturated rings. The first-order valence-electron chi connectivity index (χ1n) is 6.08. The van der Waals surface area contributed by atoms with Gasteiger partial charge in [-0.25, -0.2) is 0 Å². The van der Waals surface area contributed by atoms with Gasteiger partial charge in [0.15, 0.2) is 0 Å². The first-order chi connectivity index (χ1) is 7.02. The van der Waals surface area contributed by atoms with Crippen LogP contribution in [0.4, 0.5) is 0 Å². The fraction of sp³-hybridized carbons (Fsp3) is 0.600. The zero-order valence-corrected chi connectivity index (χ0v) is 11.8. The van der Waals surface area contributed by atoms with Gasteiger partial charge in [0, 0.05) is 0 Å². The number of benzene rings is 1. The van der Waals surface area contributed by atoms with Crippen molar-refractivity contribution < 1.29 is 0 Å². The maximum absolute atomic E-state index is 2.25. The van der Waals surface area contributed by atoms with E-state index in [9.17, 15) is 0 Å². The zero-order valence-electron chi connectivity index (χ0n) is 11.8. The quantitative estimate of drug-likeness (QED) is 0.539. The molecule has 0 nitrogen and oxygen atoms in total. The highest BCUT2D eigenvalue weighted by Crippen LogP contribution is 2.24. The average molecular weight is 208 g/mol. The molecule has 1 rings (SSSR count). The van der Waals surface area contributed by atoms with E-state index in [1.807, 2.05) is 27.7 Å². The molecule has 0 N–H and O–H groups in total. The molecule has 0 aliphatic heterocycles. The monoisotopic (exact) mass is 208 g/mol. The second kappa shape index (κ2) is 8.52. The molecule has 15 heavy (non-hydrogen) atoms. The molecule has 0 atom stereocenters. The minimum atomic E-state index is 0.283. The molecule has 0 radical (unpaired) electrons. The summed E-state index contributed by atoms with van der Waals surface area (Å²) in [5.74, 6) is 0. The molecule has 0 amide bonds. The van der Waals surface area contributed by atoms with Gasteiger partial charge in [0.25, 0.3) is 0 Å². The summed E-state index contributed by atoms with van der Waals surface area (Å²) in [6.07, 6.45) is 0. The third kappa shape index (κ3) is 6.33. The normalized spacial score (nSPS) is 9.33. The maximum atomic E-state index is 2.25. The summed E-state index contributed by atoms with van der Waals surface area (Å²) in [6, 6.07) is 8.56. The summed E-state index contributed by atoms with van der Waals surface area (Å²) in [5.41, 5.74) is 3.12. The van der Waals surface area contributed by atoms with Crippen molar-refractivity contribution in [2.75, 3.05) is 0 Å². The molecular weight excluding hydrogens is 180 g/mol. The van der Waals surface area contributed by atoms with E-state index in [0.717, 1.165) is 0 Å². The van der Waals surface area contributed by atoms with Crippen molar-refractivity contribution in [3.8, 4) is 0 Å². The summed E-state index contributed by atoms with van der Waals surface area (Å²) in [6.45, 7) is 16.9. The minimum Gasteiger partial charge on any atom is -0.0683 e. The summed E-state index contributed by atoms with van der Waals surface area (Å²) >= 11 is 0. The van der Waals surface area contributed by atoms with Crippen molar-refractivity contribution in [1.29, 1.82) is 0 Å². The molecule has 0 aliphatic carbocycles. The van der Waals surface area contributed by atoms with Crippen molar-refractivity contribution in [3.05, 3.63) is 35.4 Å². The van der Waals surface area contributed by atoms with Crippen LogP contribution in [0.25, 0.3) is 0 Å². The molecule has 0 spiro atoms. The predicted octanol–water partition coefficient (Wildman–Crippen LogP) is 5.34. The van der Waals surface area contributed by atoms with Crippen molar-refractivity contribution in [1.82, 2.24) is 0 Å². The fourth-order valence-electron chi connectivity index (χ4n) is 1.41. The Hall–Kier alpha value is -0.780. The van der Waals surface area contributed by atoms with Crippen LogP contribution >= 0.6 is 0 Å². The third-order valence-electron chi connectivity index (χ3n) is 1.95. The van der Waals surface area contributed by atoms with Gasteiger partial charge in [-0.2, -0.15) is 0 Å². The zero-order chi connectivity index (χ0) is 12.5. The molecule has 0 heterocycles. The topological polar surface area (TPSA) is 0 Å². The highest BCUT2D eigenvalue weighted by molar-refractivity contribution is 5.31. The highest BCUT2D eigenvalue weighted by atomic mass is 14.2. The van der Waals surface area contributed by atoms with E-state index in [-0.39, 0.29) is 5.41 Å². The minimum absolute atomic E-state index is 0.283. The molecule has 0 unspecified atom stereocenters. The Morgan fingerprint density at radius 1 is 0.800 bits per heavy atom. The molecule has 0 heteroatoms. The van der Waals surface area contributed by atoms with Crippen LogP contribution in [0, 0.1) is 6.92 Å². The first-order valence-corrected chi connectivity index (χ1v) is 6.08. The van der Waals surface area contributed by atoms with E-state index < -0.39 is 0 Å². The average Bonchev–Trinajstić information content (AvgIpc) is 2.23. The van der Waals surface area contributed by atoms with Gasteiger partial charge < -0.3 is 0 Å². The molecule has 0 saturated heterocycles. The van der Waals surface area contributed by atoms with Crippen molar-refractivity contribution in [2.24, 2.45) is 0 Å². The van der Waals surface area contributed by atoms with Crippen LogP contribution in [-0.4, -0.2) is 0 Å². The number of hydrogen-bond donors (Lipinski definition) is 0. The largest absolute Gasteiger partial charge is 0.0683 e. The van der Waals surface area contributed by atoms with Crippen LogP contribution in [0.2, 0.25) is 0 Å². The lowest BCUT2D eigenvalue weighted by Gasteiger charge is -2.21. The highest BCUT2D eigenvalue weighted by Gasteiger charge is 2.14. The van der Waals surface area contributed by atoms with Gasteiger partial charge >= 0.3 is 0 Å². The lowest BCUT2D eigenvalue weighted by atomic mass is 9.84. The molecule has 0 aromatic heterocycles. The van der Waals surface area contributed by atoms with E-state index in [0.29, 0.717) is 0 Å². The van der Waals surface area contributed by atoms with Gasteiger partial charge in [-0.05, 0) is 23.5 Å². The Labute approximate surface area is 96.7 Å². The van der Waals surface area contributed by atoms with Crippen LogP contribution in [0.5, 0.6) is 0 Å². The van der Waals surface area contributed by atoms with Crippen LogP contribution < -0.4 is 0 Å². The van der Waals surface area contributed by atoms with Crippen molar-refractivity contribution in [2.45, 2.75) is 60.8 Å². The predicted molar refractivity (Wildman–Crippen MR) is 72.6 cm³/mol. The van der Waals surface area contributed by atoms with E-state index in [4.69, 9.17) is 0 Å². The molecular formula is C15H28. The number of rotatable bonds is 0. The van der Waals surface area contributed by atoms with Gasteiger partial charge in [0.05, 0.1) is 0 Å². The molecule has 0 saturated carbocycles. The Morgan fingerprint density at radius 2 is 1.20 bits per heavy atom. The van der Waals surface area contributed by atoms with Gasteiger partial charge in [0.1, 0.15) is 0 Å². The Kier molecular flexibility index (Phi) is 9.46. The van der Waals surface area contributed by atoms with E-state index in [1.54, 1.807) is 0 Å². The lowest BCUT2D eigenvalue weighted by Crippen LogP contribution is -2.12. The molecule has 88 valence electrons. The summed E-state index contributed by atoms with van der Waals surface area (Å²) in [4.78, 5) is 0. The fourth-order valence-corrected chi connectivity index (χ4v) is 1.41. The van der Waals surface area contributed by atoms with E-state index >= 15 is 0 Å². The van der Waals surface area contributed by atoms with Gasteiger partial charge in [-0.1, -0.05) is 72.7 Å². The number of hydrogen-bond acceptors (Lipinski definition) is 0. The standard InChI is InChI=1S/C11H16.2C2H6/c1-9-7-5-6-8-10(9)11(2,3)4;2*1-2/h5-8H,1-4H3;2*1-2H3. The SMILES string of the molecule is CC.CC.Cc1ccccc1C(C)(C)C. The molecule has 0 bridgehead atoms. The van der Waals surface area contributed by atoms with Crippen molar-refractivity contribution >= 4 is 0 Å². The van der Waals surface area contributed by atoms with Gasteiger partial charge in [-0.15, -0.1) is 0 Å². The lowest BCUT2D eigenvalue weighted by molar-refractivity contribution is 0.586. The van der Waals surface area contributed by atoms with E-state index in [2.05, 4.69) is 52.0 Å². The third-order valence-corrected chi connectivity index (χ3v) is 1.95. The smallest absolute Gasteiger partial charge is 0.0129 e. The second-order valence-corrected chi connectivity index (χ2v) is 4.06. The van der Waals surface area contributed by atoms with Gasteiger partial charge in [-0.3, -0.25) is 0 Å². The van der Waals surface area contributed by atoms with Crippen LogP contribution in [0.3, 0.4) is 0 Å². The van der Waals surface area contributed by atoms with E-state index in [1.165, 1.54) is 11.1 Å². The van der Waals surface area contributed by atoms with Crippen LogP contribution in [0.15, 0.2) is 24.3 Å². The molecule has 1 aromatic rings. The van der Waals surface area contributed by atoms with Crippen LogP contribution in [-0.2, 0) is 5.41 Å². The Balaban J connectivity index is 0. The molecule has 0 aliphatic rings. The maximum Gasteiger partial charge on any atom is -0.0129 e. The molecule has 1 aromatic carbocycles. The number of aryl methyl sites for hydroxylation is 1. The second-order valence-electron chi connectivity index (χ2n) is 4.06. The summed E-state index contributed by atoms with van der Waals surface area (Å²) < 4.78 is 0. The Bertz CT molecular complexity index is 240. The van der Waals surface area contributed by atoms with Crippen LogP contribution in [0.1, 0.15) is 59.6 Å². The summed E-state index contributed by atoms with van der Waals surface area (Å²) in [5, 5.41) is 0. The Morgan fingerprint density at radius 3 is 1.47 bits per heavy atom.